The molecule has 1 saturated carbocycles. The van der Waals surface area contributed by atoms with E-state index >= 15 is 0 Å². The molecule has 1 fully saturated rings. The highest BCUT2D eigenvalue weighted by atomic mass is 32.1. The molecule has 0 bridgehead atoms. The Hall–Kier alpha value is -1.56. The summed E-state index contributed by atoms with van der Waals surface area (Å²) in [5.74, 6) is -1.04. The van der Waals surface area contributed by atoms with Gasteiger partial charge >= 0.3 is 12.0 Å². The quantitative estimate of drug-likeness (QED) is 0.755. The molecule has 3 N–H and O–H groups in total. The monoisotopic (exact) mass is 296 g/mol. The molecule has 1 aromatic rings. The highest BCUT2D eigenvalue weighted by Gasteiger charge is 2.35. The largest absolute Gasteiger partial charge is 0.479 e. The summed E-state index contributed by atoms with van der Waals surface area (Å²) in [7, 11) is 0. The van der Waals surface area contributed by atoms with Gasteiger partial charge in [-0.3, -0.25) is 0 Å². The summed E-state index contributed by atoms with van der Waals surface area (Å²) in [6.07, 6.45) is 4.53. The van der Waals surface area contributed by atoms with E-state index in [0.717, 1.165) is 19.3 Å². The van der Waals surface area contributed by atoms with Crippen LogP contribution in [0.1, 0.15) is 43.5 Å². The molecule has 1 aromatic heterocycles. The Bertz CT molecular complexity index is 463. The molecule has 5 nitrogen and oxygen atoms in total. The van der Waals surface area contributed by atoms with Gasteiger partial charge in [-0.1, -0.05) is 19.4 Å². The fraction of sp³-hybridized carbons (Fsp3) is 0.571. The lowest BCUT2D eigenvalue weighted by molar-refractivity contribution is -0.139. The summed E-state index contributed by atoms with van der Waals surface area (Å²) in [6.45, 7) is 2.75. The Morgan fingerprint density at radius 1 is 1.50 bits per heavy atom. The number of carboxylic acid groups (broad SMARTS) is 1. The fourth-order valence-electron chi connectivity index (χ4n) is 2.49. The van der Waals surface area contributed by atoms with Gasteiger partial charge in [0.25, 0.3) is 0 Å². The van der Waals surface area contributed by atoms with Crippen LogP contribution in [0.4, 0.5) is 4.79 Å². The Morgan fingerprint density at radius 3 is 2.70 bits per heavy atom. The SMILES string of the molecule is CCC1(CNC(=O)NC(C(=O)O)c2cccs2)CCC1. The number of nitrogens with one attached hydrogen (secondary N) is 2. The lowest BCUT2D eigenvalue weighted by atomic mass is 9.67. The van der Waals surface area contributed by atoms with E-state index < -0.39 is 18.0 Å². The number of carbonyl (C=O) groups is 2. The molecule has 0 aromatic carbocycles. The van der Waals surface area contributed by atoms with Crippen molar-refractivity contribution in [1.82, 2.24) is 10.6 Å². The molecule has 2 amide bonds. The average Bonchev–Trinajstić information content (AvgIpc) is 2.88. The zero-order valence-corrected chi connectivity index (χ0v) is 12.3. The maximum absolute atomic E-state index is 11.9. The van der Waals surface area contributed by atoms with E-state index in [1.165, 1.54) is 17.8 Å². The molecule has 0 spiro atoms. The minimum atomic E-state index is -1.04. The van der Waals surface area contributed by atoms with E-state index in [2.05, 4.69) is 17.6 Å². The van der Waals surface area contributed by atoms with Crippen molar-refractivity contribution in [2.75, 3.05) is 6.54 Å². The number of carboxylic acids is 1. The standard InChI is InChI=1S/C14H20N2O3S/c1-2-14(6-4-7-14)9-15-13(19)16-11(12(17)18)10-5-3-8-20-10/h3,5,8,11H,2,4,6-7,9H2,1H3,(H,17,18)(H2,15,16,19). The van der Waals surface area contributed by atoms with E-state index in [0.29, 0.717) is 11.4 Å². The number of hydrogen-bond acceptors (Lipinski definition) is 3. The number of hydrogen-bond donors (Lipinski definition) is 3. The van der Waals surface area contributed by atoms with Crippen LogP contribution < -0.4 is 10.6 Å². The number of aliphatic carboxylic acids is 1. The van der Waals surface area contributed by atoms with Crippen LogP contribution in [0, 0.1) is 5.41 Å². The van der Waals surface area contributed by atoms with Crippen molar-refractivity contribution in [1.29, 1.82) is 0 Å². The topological polar surface area (TPSA) is 78.4 Å². The first-order valence-corrected chi connectivity index (χ1v) is 7.75. The lowest BCUT2D eigenvalue weighted by Gasteiger charge is -2.41. The molecule has 110 valence electrons. The van der Waals surface area contributed by atoms with Gasteiger partial charge in [0.1, 0.15) is 0 Å². The minimum absolute atomic E-state index is 0.221. The predicted octanol–water partition coefficient (Wildman–Crippen LogP) is 2.75. The van der Waals surface area contributed by atoms with E-state index in [9.17, 15) is 14.7 Å². The number of carbonyl (C=O) groups excluding carboxylic acids is 1. The number of rotatable bonds is 6. The van der Waals surface area contributed by atoms with Gasteiger partial charge in [0.05, 0.1) is 0 Å². The Morgan fingerprint density at radius 2 is 2.25 bits per heavy atom. The zero-order valence-electron chi connectivity index (χ0n) is 11.5. The average molecular weight is 296 g/mol. The van der Waals surface area contributed by atoms with Crippen LogP contribution in [-0.2, 0) is 4.79 Å². The van der Waals surface area contributed by atoms with Crippen LogP contribution in [0.3, 0.4) is 0 Å². The first-order chi connectivity index (χ1) is 9.56. The third kappa shape index (κ3) is 3.30. The molecular formula is C14H20N2O3S. The first-order valence-electron chi connectivity index (χ1n) is 6.87. The van der Waals surface area contributed by atoms with Crippen molar-refractivity contribution >= 4 is 23.3 Å². The Balaban J connectivity index is 1.87. The van der Waals surface area contributed by atoms with E-state index in [1.54, 1.807) is 17.5 Å². The molecule has 2 rings (SSSR count). The van der Waals surface area contributed by atoms with E-state index in [-0.39, 0.29) is 5.41 Å². The zero-order chi connectivity index (χ0) is 14.6. The fourth-order valence-corrected chi connectivity index (χ4v) is 3.26. The lowest BCUT2D eigenvalue weighted by Crippen LogP contribution is -2.47. The molecule has 1 heterocycles. The summed E-state index contributed by atoms with van der Waals surface area (Å²) in [4.78, 5) is 23.7. The molecule has 6 heteroatoms. The normalized spacial score (nSPS) is 17.9. The molecule has 0 aliphatic heterocycles. The summed E-state index contributed by atoms with van der Waals surface area (Å²) in [5, 5.41) is 16.3. The molecule has 0 saturated heterocycles. The van der Waals surface area contributed by atoms with Gasteiger partial charge < -0.3 is 15.7 Å². The van der Waals surface area contributed by atoms with Crippen molar-refractivity contribution in [3.63, 3.8) is 0 Å². The van der Waals surface area contributed by atoms with Gasteiger partial charge in [0.15, 0.2) is 6.04 Å². The highest BCUT2D eigenvalue weighted by molar-refractivity contribution is 7.10. The summed E-state index contributed by atoms with van der Waals surface area (Å²) in [6, 6.07) is 2.10. The molecule has 20 heavy (non-hydrogen) atoms. The molecule has 1 unspecified atom stereocenters. The third-order valence-electron chi connectivity index (χ3n) is 4.14. The van der Waals surface area contributed by atoms with Crippen LogP contribution in [-0.4, -0.2) is 23.7 Å². The second kappa shape index (κ2) is 6.26. The minimum Gasteiger partial charge on any atom is -0.479 e. The third-order valence-corrected chi connectivity index (χ3v) is 5.08. The second-order valence-corrected chi connectivity index (χ2v) is 6.30. The van der Waals surface area contributed by atoms with Gasteiger partial charge in [0, 0.05) is 11.4 Å². The van der Waals surface area contributed by atoms with Crippen LogP contribution >= 0.6 is 11.3 Å². The van der Waals surface area contributed by atoms with Crippen LogP contribution in [0.15, 0.2) is 17.5 Å². The molecule has 1 aliphatic carbocycles. The summed E-state index contributed by atoms with van der Waals surface area (Å²) >= 11 is 1.32. The van der Waals surface area contributed by atoms with Crippen LogP contribution in [0.2, 0.25) is 0 Å². The molecule has 1 atom stereocenters. The van der Waals surface area contributed by atoms with Gasteiger partial charge in [0.2, 0.25) is 0 Å². The van der Waals surface area contributed by atoms with Crippen molar-refractivity contribution < 1.29 is 14.7 Å². The molecule has 1 aliphatic rings. The number of thiophene rings is 1. The second-order valence-electron chi connectivity index (χ2n) is 5.32. The van der Waals surface area contributed by atoms with Crippen molar-refractivity contribution in [3.05, 3.63) is 22.4 Å². The van der Waals surface area contributed by atoms with Crippen molar-refractivity contribution in [2.45, 2.75) is 38.6 Å². The Labute approximate surface area is 122 Å². The summed E-state index contributed by atoms with van der Waals surface area (Å²) in [5.41, 5.74) is 0.221. The highest BCUT2D eigenvalue weighted by Crippen LogP contribution is 2.42. The molecular weight excluding hydrogens is 276 g/mol. The Kier molecular flexibility index (Phi) is 4.65. The van der Waals surface area contributed by atoms with E-state index in [4.69, 9.17) is 0 Å². The van der Waals surface area contributed by atoms with Gasteiger partial charge in [-0.05, 0) is 36.1 Å². The number of amides is 2. The maximum atomic E-state index is 11.9. The van der Waals surface area contributed by atoms with Crippen molar-refractivity contribution in [3.8, 4) is 0 Å². The maximum Gasteiger partial charge on any atom is 0.331 e. The van der Waals surface area contributed by atoms with Crippen LogP contribution in [0.5, 0.6) is 0 Å². The predicted molar refractivity (Wildman–Crippen MR) is 77.8 cm³/mol. The number of urea groups is 1. The van der Waals surface area contributed by atoms with Gasteiger partial charge in [-0.25, -0.2) is 9.59 Å². The molecule has 0 radical (unpaired) electrons. The van der Waals surface area contributed by atoms with Crippen LogP contribution in [0.25, 0.3) is 0 Å². The first kappa shape index (κ1) is 14.8. The summed E-state index contributed by atoms with van der Waals surface area (Å²) < 4.78 is 0. The van der Waals surface area contributed by atoms with Gasteiger partial charge in [-0.2, -0.15) is 0 Å². The van der Waals surface area contributed by atoms with Crippen molar-refractivity contribution in [2.24, 2.45) is 5.41 Å². The van der Waals surface area contributed by atoms with E-state index in [1.807, 2.05) is 0 Å². The van der Waals surface area contributed by atoms with Gasteiger partial charge in [-0.15, -0.1) is 11.3 Å². The smallest absolute Gasteiger partial charge is 0.331 e.